The van der Waals surface area contributed by atoms with E-state index in [1.54, 1.807) is 50.2 Å². The minimum atomic E-state index is -4.21. The van der Waals surface area contributed by atoms with Crippen molar-refractivity contribution in [3.05, 3.63) is 94.8 Å². The molecule has 196 valence electrons. The van der Waals surface area contributed by atoms with Gasteiger partial charge in [0.2, 0.25) is 11.8 Å². The molecule has 0 saturated carbocycles. The average Bonchev–Trinajstić information content (AvgIpc) is 2.87. The largest absolute Gasteiger partial charge is 0.355 e. The molecule has 3 aromatic rings. The molecule has 1 atom stereocenters. The van der Waals surface area contributed by atoms with E-state index >= 15 is 0 Å². The van der Waals surface area contributed by atoms with Gasteiger partial charge in [0.05, 0.1) is 10.6 Å². The maximum atomic E-state index is 13.7. The number of nitrogens with zero attached hydrogens (tertiary/aromatic N) is 2. The smallest absolute Gasteiger partial charge is 0.264 e. The van der Waals surface area contributed by atoms with Crippen LogP contribution in [0.2, 0.25) is 5.02 Å². The second-order valence-corrected chi connectivity index (χ2v) is 10.8. The van der Waals surface area contributed by atoms with Crippen molar-refractivity contribution >= 4 is 39.1 Å². The number of sulfonamides is 1. The molecule has 2 amide bonds. The summed E-state index contributed by atoms with van der Waals surface area (Å²) in [5.41, 5.74) is 1.58. The predicted octanol–water partition coefficient (Wildman–Crippen LogP) is 4.54. The van der Waals surface area contributed by atoms with E-state index in [2.05, 4.69) is 5.32 Å². The quantitative estimate of drug-likeness (QED) is 0.405. The molecule has 0 heterocycles. The molecule has 0 bridgehead atoms. The van der Waals surface area contributed by atoms with Crippen LogP contribution < -0.4 is 9.62 Å². The first-order valence-electron chi connectivity index (χ1n) is 11.7. The number of halogens is 2. The summed E-state index contributed by atoms with van der Waals surface area (Å²) in [5, 5.41) is 3.10. The maximum absolute atomic E-state index is 13.7. The topological polar surface area (TPSA) is 86.8 Å². The maximum Gasteiger partial charge on any atom is 0.264 e. The number of carbonyl (C=O) groups excluding carboxylic acids is 2. The van der Waals surface area contributed by atoms with Crippen LogP contribution in [-0.2, 0) is 26.2 Å². The van der Waals surface area contributed by atoms with Crippen molar-refractivity contribution in [1.29, 1.82) is 0 Å². The van der Waals surface area contributed by atoms with Gasteiger partial charge in [-0.1, -0.05) is 47.5 Å². The summed E-state index contributed by atoms with van der Waals surface area (Å²) < 4.78 is 41.9. The Labute approximate surface area is 221 Å². The number of benzene rings is 3. The third-order valence-electron chi connectivity index (χ3n) is 5.82. The number of hydrogen-bond acceptors (Lipinski definition) is 4. The third-order valence-corrected chi connectivity index (χ3v) is 7.98. The number of hydrogen-bond donors (Lipinski definition) is 1. The summed E-state index contributed by atoms with van der Waals surface area (Å²) in [7, 11) is -4.21. The Balaban J connectivity index is 2.03. The van der Waals surface area contributed by atoms with Crippen molar-refractivity contribution in [3.63, 3.8) is 0 Å². The van der Waals surface area contributed by atoms with Gasteiger partial charge in [-0.05, 0) is 68.8 Å². The summed E-state index contributed by atoms with van der Waals surface area (Å²) in [6.45, 7) is 4.88. The zero-order valence-corrected chi connectivity index (χ0v) is 22.4. The Morgan fingerprint density at radius 3 is 2.22 bits per heavy atom. The molecule has 10 heteroatoms. The molecule has 0 unspecified atom stereocenters. The molecule has 0 saturated heterocycles. The fourth-order valence-corrected chi connectivity index (χ4v) is 5.30. The lowest BCUT2D eigenvalue weighted by Gasteiger charge is -2.32. The van der Waals surface area contributed by atoms with E-state index in [1.807, 2.05) is 6.92 Å². The van der Waals surface area contributed by atoms with E-state index in [4.69, 9.17) is 11.6 Å². The first kappa shape index (κ1) is 28.1. The van der Waals surface area contributed by atoms with Gasteiger partial charge in [-0.15, -0.1) is 0 Å². The number of aryl methyl sites for hydroxylation is 1. The van der Waals surface area contributed by atoms with Gasteiger partial charge in [0.1, 0.15) is 18.4 Å². The molecule has 0 radical (unpaired) electrons. The monoisotopic (exact) mass is 545 g/mol. The molecule has 0 spiro atoms. The second-order valence-electron chi connectivity index (χ2n) is 8.48. The van der Waals surface area contributed by atoms with Gasteiger partial charge in [0.25, 0.3) is 10.0 Å². The standard InChI is InChI=1S/C27H29ClFN3O4S/c1-4-30-27(34)20(3)31(17-21-7-5-6-8-25(21)28)26(33)18-32(23-13-11-22(29)12-14-23)37(35,36)24-15-9-19(2)10-16-24/h5-16,20H,4,17-18H2,1-3H3,(H,30,34)/t20-/m1/s1. The van der Waals surface area contributed by atoms with E-state index in [-0.39, 0.29) is 17.1 Å². The van der Waals surface area contributed by atoms with Gasteiger partial charge in [-0.2, -0.15) is 0 Å². The van der Waals surface area contributed by atoms with Crippen molar-refractivity contribution in [1.82, 2.24) is 10.2 Å². The fraction of sp³-hybridized carbons (Fsp3) is 0.259. The normalized spacial score (nSPS) is 12.0. The molecular weight excluding hydrogens is 517 g/mol. The van der Waals surface area contributed by atoms with Crippen LogP contribution in [-0.4, -0.2) is 44.3 Å². The fourth-order valence-electron chi connectivity index (χ4n) is 3.69. The van der Waals surface area contributed by atoms with Crippen LogP contribution in [0.25, 0.3) is 0 Å². The zero-order valence-electron chi connectivity index (χ0n) is 20.8. The molecule has 1 N–H and O–H groups in total. The first-order chi connectivity index (χ1) is 17.5. The highest BCUT2D eigenvalue weighted by molar-refractivity contribution is 7.92. The summed E-state index contributed by atoms with van der Waals surface area (Å²) in [6, 6.07) is 17.0. The van der Waals surface area contributed by atoms with Gasteiger partial charge in [0, 0.05) is 18.1 Å². The van der Waals surface area contributed by atoms with Crippen LogP contribution in [0.1, 0.15) is 25.0 Å². The molecule has 0 aliphatic carbocycles. The predicted molar refractivity (Wildman–Crippen MR) is 142 cm³/mol. The van der Waals surface area contributed by atoms with Crippen molar-refractivity contribution in [2.45, 2.75) is 38.3 Å². The van der Waals surface area contributed by atoms with Crippen molar-refractivity contribution in [3.8, 4) is 0 Å². The number of likely N-dealkylation sites (N-methyl/N-ethyl adjacent to an activating group) is 1. The second kappa shape index (κ2) is 12.2. The van der Waals surface area contributed by atoms with Gasteiger partial charge in [0.15, 0.2) is 0 Å². The third kappa shape index (κ3) is 6.87. The van der Waals surface area contributed by atoms with Crippen LogP contribution in [0.15, 0.2) is 77.7 Å². The SMILES string of the molecule is CCNC(=O)[C@@H](C)N(Cc1ccccc1Cl)C(=O)CN(c1ccc(F)cc1)S(=O)(=O)c1ccc(C)cc1. The minimum absolute atomic E-state index is 0.0152. The number of anilines is 1. The Hall–Kier alpha value is -3.43. The summed E-state index contributed by atoms with van der Waals surface area (Å²) in [5.74, 6) is -1.57. The van der Waals surface area contributed by atoms with Crippen LogP contribution in [0.5, 0.6) is 0 Å². The zero-order chi connectivity index (χ0) is 27.2. The number of amides is 2. The minimum Gasteiger partial charge on any atom is -0.355 e. The summed E-state index contributed by atoms with van der Waals surface area (Å²) in [6.07, 6.45) is 0. The highest BCUT2D eigenvalue weighted by Crippen LogP contribution is 2.26. The van der Waals surface area contributed by atoms with E-state index in [1.165, 1.54) is 29.2 Å². The number of carbonyl (C=O) groups is 2. The lowest BCUT2D eigenvalue weighted by molar-refractivity contribution is -0.139. The Morgan fingerprint density at radius 2 is 1.62 bits per heavy atom. The summed E-state index contributed by atoms with van der Waals surface area (Å²) in [4.78, 5) is 27.7. The molecular formula is C27H29ClFN3O4S. The molecule has 0 fully saturated rings. The molecule has 37 heavy (non-hydrogen) atoms. The van der Waals surface area contributed by atoms with Gasteiger partial charge in [-0.25, -0.2) is 12.8 Å². The number of nitrogens with one attached hydrogen (secondary N) is 1. The van der Waals surface area contributed by atoms with E-state index < -0.39 is 40.2 Å². The highest BCUT2D eigenvalue weighted by atomic mass is 35.5. The van der Waals surface area contributed by atoms with E-state index in [9.17, 15) is 22.4 Å². The lowest BCUT2D eigenvalue weighted by Crippen LogP contribution is -2.51. The molecule has 3 aromatic carbocycles. The van der Waals surface area contributed by atoms with Crippen LogP contribution in [0.3, 0.4) is 0 Å². The van der Waals surface area contributed by atoms with Crippen molar-refractivity contribution in [2.75, 3.05) is 17.4 Å². The van der Waals surface area contributed by atoms with E-state index in [0.717, 1.165) is 22.0 Å². The number of rotatable bonds is 10. The van der Waals surface area contributed by atoms with Crippen LogP contribution >= 0.6 is 11.6 Å². The lowest BCUT2D eigenvalue weighted by atomic mass is 10.1. The average molecular weight is 546 g/mol. The Bertz CT molecular complexity index is 1350. The molecule has 0 aliphatic heterocycles. The Morgan fingerprint density at radius 1 is 1.00 bits per heavy atom. The van der Waals surface area contributed by atoms with Crippen molar-refractivity contribution in [2.24, 2.45) is 0 Å². The molecule has 0 aromatic heterocycles. The van der Waals surface area contributed by atoms with Crippen LogP contribution in [0, 0.1) is 12.7 Å². The summed E-state index contributed by atoms with van der Waals surface area (Å²) >= 11 is 6.32. The van der Waals surface area contributed by atoms with E-state index in [0.29, 0.717) is 17.1 Å². The first-order valence-corrected chi connectivity index (χ1v) is 13.5. The van der Waals surface area contributed by atoms with Crippen LogP contribution in [0.4, 0.5) is 10.1 Å². The molecule has 0 aliphatic rings. The van der Waals surface area contributed by atoms with Crippen molar-refractivity contribution < 1.29 is 22.4 Å². The molecule has 3 rings (SSSR count). The van der Waals surface area contributed by atoms with Gasteiger partial charge in [-0.3, -0.25) is 13.9 Å². The van der Waals surface area contributed by atoms with Gasteiger partial charge >= 0.3 is 0 Å². The Kier molecular flexibility index (Phi) is 9.29. The highest BCUT2D eigenvalue weighted by Gasteiger charge is 2.32. The van der Waals surface area contributed by atoms with Gasteiger partial charge < -0.3 is 10.2 Å². The molecule has 7 nitrogen and oxygen atoms in total.